The van der Waals surface area contributed by atoms with Gasteiger partial charge in [0.15, 0.2) is 0 Å². The molecule has 1 aromatic heterocycles. The second-order valence-electron chi connectivity index (χ2n) is 4.77. The van der Waals surface area contributed by atoms with Crippen molar-refractivity contribution in [2.24, 2.45) is 0 Å². The molecule has 0 aromatic carbocycles. The summed E-state index contributed by atoms with van der Waals surface area (Å²) in [6, 6.07) is 2.76. The number of carboxylic acid groups (broad SMARTS) is 1. The van der Waals surface area contributed by atoms with E-state index in [2.05, 4.69) is 10.3 Å². The van der Waals surface area contributed by atoms with E-state index in [-0.39, 0.29) is 17.2 Å². The second kappa shape index (κ2) is 7.00. The zero-order valence-corrected chi connectivity index (χ0v) is 11.2. The molecule has 20 heavy (non-hydrogen) atoms. The maximum atomic E-state index is 11.7. The van der Waals surface area contributed by atoms with Crippen LogP contribution in [0.1, 0.15) is 46.5 Å². The van der Waals surface area contributed by atoms with Gasteiger partial charge in [-0.3, -0.25) is 9.78 Å². The fraction of sp³-hybridized carbons (Fsp3) is 0.500. The van der Waals surface area contributed by atoms with Crippen molar-refractivity contribution >= 4 is 11.9 Å². The minimum atomic E-state index is -1.06. The largest absolute Gasteiger partial charge is 0.478 e. The molecule has 0 saturated heterocycles. The van der Waals surface area contributed by atoms with Crippen molar-refractivity contribution in [2.75, 3.05) is 13.2 Å². The molecule has 1 aliphatic rings. The van der Waals surface area contributed by atoms with Crippen molar-refractivity contribution in [1.82, 2.24) is 10.3 Å². The van der Waals surface area contributed by atoms with Gasteiger partial charge in [0.05, 0.1) is 18.3 Å². The average molecular weight is 278 g/mol. The first kappa shape index (κ1) is 14.5. The van der Waals surface area contributed by atoms with Gasteiger partial charge in [0.1, 0.15) is 5.69 Å². The molecule has 1 heterocycles. The topological polar surface area (TPSA) is 88.5 Å². The monoisotopic (exact) mass is 278 g/mol. The molecule has 108 valence electrons. The molecule has 2 N–H and O–H groups in total. The number of rotatable bonds is 6. The highest BCUT2D eigenvalue weighted by Crippen LogP contribution is 2.20. The summed E-state index contributed by atoms with van der Waals surface area (Å²) in [5.41, 5.74) is 0.266. The summed E-state index contributed by atoms with van der Waals surface area (Å²) in [6.07, 6.45) is 6.15. The molecule has 0 bridgehead atoms. The van der Waals surface area contributed by atoms with E-state index in [1.165, 1.54) is 31.2 Å². The predicted molar refractivity (Wildman–Crippen MR) is 71.7 cm³/mol. The van der Waals surface area contributed by atoms with Crippen LogP contribution in [0.5, 0.6) is 0 Å². The summed E-state index contributed by atoms with van der Waals surface area (Å²) in [7, 11) is 0. The lowest BCUT2D eigenvalue weighted by Gasteiger charge is -2.11. The van der Waals surface area contributed by atoms with Gasteiger partial charge in [-0.05, 0) is 25.0 Å². The van der Waals surface area contributed by atoms with Crippen LogP contribution in [0, 0.1) is 0 Å². The first-order valence-corrected chi connectivity index (χ1v) is 6.76. The number of amides is 1. The van der Waals surface area contributed by atoms with Crippen LogP contribution < -0.4 is 5.32 Å². The normalized spacial score (nSPS) is 15.2. The predicted octanol–water partition coefficient (Wildman–Crippen LogP) is 1.47. The van der Waals surface area contributed by atoms with E-state index in [9.17, 15) is 9.59 Å². The first-order valence-electron chi connectivity index (χ1n) is 6.76. The number of hydrogen-bond donors (Lipinski definition) is 2. The smallest absolute Gasteiger partial charge is 0.337 e. The van der Waals surface area contributed by atoms with E-state index in [1.54, 1.807) is 0 Å². The number of aromatic carboxylic acids is 1. The van der Waals surface area contributed by atoms with Gasteiger partial charge >= 0.3 is 5.97 Å². The molecule has 0 spiro atoms. The molecule has 0 atom stereocenters. The lowest BCUT2D eigenvalue weighted by atomic mass is 10.2. The van der Waals surface area contributed by atoms with Crippen molar-refractivity contribution in [3.8, 4) is 0 Å². The van der Waals surface area contributed by atoms with E-state index in [4.69, 9.17) is 9.84 Å². The van der Waals surface area contributed by atoms with Gasteiger partial charge in [0.25, 0.3) is 5.91 Å². The summed E-state index contributed by atoms with van der Waals surface area (Å²) in [5.74, 6) is -1.38. The fourth-order valence-electron chi connectivity index (χ4n) is 2.19. The van der Waals surface area contributed by atoms with E-state index in [0.717, 1.165) is 12.8 Å². The van der Waals surface area contributed by atoms with Gasteiger partial charge in [-0.2, -0.15) is 0 Å². The van der Waals surface area contributed by atoms with Gasteiger partial charge in [-0.15, -0.1) is 0 Å². The van der Waals surface area contributed by atoms with Crippen molar-refractivity contribution in [1.29, 1.82) is 0 Å². The van der Waals surface area contributed by atoms with Gasteiger partial charge in [0, 0.05) is 12.7 Å². The molecule has 1 fully saturated rings. The highest BCUT2D eigenvalue weighted by atomic mass is 16.5. The van der Waals surface area contributed by atoms with Crippen LogP contribution in [0.2, 0.25) is 0 Å². The van der Waals surface area contributed by atoms with Crippen LogP contribution >= 0.6 is 0 Å². The molecular weight excluding hydrogens is 260 g/mol. The van der Waals surface area contributed by atoms with Gasteiger partial charge < -0.3 is 15.2 Å². The highest BCUT2D eigenvalue weighted by molar-refractivity contribution is 5.93. The Kier molecular flexibility index (Phi) is 5.06. The van der Waals surface area contributed by atoms with Crippen LogP contribution in [0.25, 0.3) is 0 Å². The highest BCUT2D eigenvalue weighted by Gasteiger charge is 2.15. The first-order chi connectivity index (χ1) is 9.66. The maximum absolute atomic E-state index is 11.7. The summed E-state index contributed by atoms with van der Waals surface area (Å²) in [5, 5.41) is 11.4. The van der Waals surface area contributed by atoms with Gasteiger partial charge in [-0.1, -0.05) is 12.8 Å². The molecule has 0 aliphatic heterocycles. The number of nitrogens with zero attached hydrogens (tertiary/aromatic N) is 1. The Morgan fingerprint density at radius 3 is 2.70 bits per heavy atom. The number of carbonyl (C=O) groups is 2. The number of carboxylic acids is 1. The quantitative estimate of drug-likeness (QED) is 0.769. The van der Waals surface area contributed by atoms with E-state index in [1.807, 2.05) is 0 Å². The SMILES string of the molecule is O=C(O)c1ccc(C(=O)NCCOC2CCCC2)nc1. The summed E-state index contributed by atoms with van der Waals surface area (Å²) in [4.78, 5) is 26.2. The molecule has 0 radical (unpaired) electrons. The van der Waals surface area contributed by atoms with E-state index >= 15 is 0 Å². The Balaban J connectivity index is 1.72. The number of nitrogens with one attached hydrogen (secondary N) is 1. The van der Waals surface area contributed by atoms with Crippen molar-refractivity contribution in [3.63, 3.8) is 0 Å². The molecule has 1 aromatic rings. The van der Waals surface area contributed by atoms with E-state index < -0.39 is 5.97 Å². The Hall–Kier alpha value is -1.95. The van der Waals surface area contributed by atoms with Crippen LogP contribution in [0.4, 0.5) is 0 Å². The molecule has 1 amide bonds. The Morgan fingerprint density at radius 1 is 1.35 bits per heavy atom. The minimum Gasteiger partial charge on any atom is -0.478 e. The summed E-state index contributed by atoms with van der Waals surface area (Å²) < 4.78 is 5.63. The van der Waals surface area contributed by atoms with Crippen molar-refractivity contribution in [3.05, 3.63) is 29.6 Å². The number of ether oxygens (including phenoxy) is 1. The maximum Gasteiger partial charge on any atom is 0.337 e. The number of carbonyl (C=O) groups excluding carboxylic acids is 1. The van der Waals surface area contributed by atoms with Crippen LogP contribution in [-0.4, -0.2) is 41.2 Å². The van der Waals surface area contributed by atoms with Crippen LogP contribution in [0.15, 0.2) is 18.3 Å². The third-order valence-corrected chi connectivity index (χ3v) is 3.29. The lowest BCUT2D eigenvalue weighted by molar-refractivity contribution is 0.0581. The molecule has 2 rings (SSSR count). The zero-order chi connectivity index (χ0) is 14.4. The number of aromatic nitrogens is 1. The Bertz CT molecular complexity index is 467. The molecule has 1 saturated carbocycles. The minimum absolute atomic E-state index is 0.0612. The number of pyridine rings is 1. The molecular formula is C14H18N2O4. The molecule has 0 unspecified atom stereocenters. The second-order valence-corrected chi connectivity index (χ2v) is 4.77. The summed E-state index contributed by atoms with van der Waals surface area (Å²) >= 11 is 0. The zero-order valence-electron chi connectivity index (χ0n) is 11.2. The Morgan fingerprint density at radius 2 is 2.10 bits per heavy atom. The molecule has 1 aliphatic carbocycles. The van der Waals surface area contributed by atoms with Gasteiger partial charge in [-0.25, -0.2) is 4.79 Å². The third kappa shape index (κ3) is 4.03. The molecule has 6 nitrogen and oxygen atoms in total. The van der Waals surface area contributed by atoms with Crippen molar-refractivity contribution in [2.45, 2.75) is 31.8 Å². The fourth-order valence-corrected chi connectivity index (χ4v) is 2.19. The average Bonchev–Trinajstić information content (AvgIpc) is 2.96. The van der Waals surface area contributed by atoms with Gasteiger partial charge in [0.2, 0.25) is 0 Å². The summed E-state index contributed by atoms with van der Waals surface area (Å²) in [6.45, 7) is 0.918. The lowest BCUT2D eigenvalue weighted by Crippen LogP contribution is -2.29. The van der Waals surface area contributed by atoms with Crippen LogP contribution in [0.3, 0.4) is 0 Å². The van der Waals surface area contributed by atoms with Crippen molar-refractivity contribution < 1.29 is 19.4 Å². The standard InChI is InChI=1S/C14H18N2O4/c17-13(12-6-5-10(9-16-12)14(18)19)15-7-8-20-11-3-1-2-4-11/h5-6,9,11H,1-4,7-8H2,(H,15,17)(H,18,19). The molecule has 6 heteroatoms. The van der Waals surface area contributed by atoms with E-state index in [0.29, 0.717) is 19.3 Å². The Labute approximate surface area is 117 Å². The third-order valence-electron chi connectivity index (χ3n) is 3.29. The van der Waals surface area contributed by atoms with Crippen LogP contribution in [-0.2, 0) is 4.74 Å². The number of hydrogen-bond acceptors (Lipinski definition) is 4.